The van der Waals surface area contributed by atoms with Crippen LogP contribution in [-0.4, -0.2) is 18.2 Å². The van der Waals surface area contributed by atoms with Gasteiger partial charge in [0.25, 0.3) is 0 Å². The van der Waals surface area contributed by atoms with Gasteiger partial charge in [-0.1, -0.05) is 11.6 Å². The van der Waals surface area contributed by atoms with Crippen LogP contribution in [0.1, 0.15) is 10.4 Å². The van der Waals surface area contributed by atoms with Crippen LogP contribution in [0.4, 0.5) is 4.39 Å². The molecule has 0 radical (unpaired) electrons. The Kier molecular flexibility index (Phi) is 2.72. The predicted octanol–water partition coefficient (Wildman–Crippen LogP) is 2.19. The molecule has 0 fully saturated rings. The zero-order valence-electron chi connectivity index (χ0n) is 6.67. The first-order chi connectivity index (χ1) is 6.07. The molecule has 1 N–H and O–H groups in total. The van der Waals surface area contributed by atoms with Crippen molar-refractivity contribution in [3.63, 3.8) is 0 Å². The lowest BCUT2D eigenvalue weighted by atomic mass is 10.2. The number of ether oxygens (including phenoxy) is 1. The van der Waals surface area contributed by atoms with Crippen molar-refractivity contribution in [2.45, 2.75) is 0 Å². The van der Waals surface area contributed by atoms with Crippen molar-refractivity contribution < 1.29 is 19.0 Å². The molecule has 1 aromatic carbocycles. The third-order valence-electron chi connectivity index (χ3n) is 1.48. The average Bonchev–Trinajstić information content (AvgIpc) is 2.09. The van der Waals surface area contributed by atoms with E-state index in [0.717, 1.165) is 12.1 Å². The third kappa shape index (κ3) is 1.72. The first-order valence-electron chi connectivity index (χ1n) is 3.33. The second kappa shape index (κ2) is 3.62. The summed E-state index contributed by atoms with van der Waals surface area (Å²) < 4.78 is 17.5. The molecule has 1 rings (SSSR count). The molecule has 5 heteroatoms. The van der Waals surface area contributed by atoms with E-state index in [1.54, 1.807) is 0 Å². The zero-order chi connectivity index (χ0) is 10.0. The van der Waals surface area contributed by atoms with E-state index in [2.05, 4.69) is 4.74 Å². The van der Waals surface area contributed by atoms with Crippen molar-refractivity contribution in [1.82, 2.24) is 0 Å². The fourth-order valence-corrected chi connectivity index (χ4v) is 1.14. The van der Waals surface area contributed by atoms with Crippen molar-refractivity contribution in [3.8, 4) is 5.75 Å². The number of carboxylic acid groups (broad SMARTS) is 1. The lowest BCUT2D eigenvalue weighted by Crippen LogP contribution is -2.01. The second-order valence-electron chi connectivity index (χ2n) is 2.25. The third-order valence-corrected chi connectivity index (χ3v) is 1.84. The maximum absolute atomic E-state index is 12.8. The molecule has 70 valence electrons. The number of carbonyl (C=O) groups is 1. The highest BCUT2D eigenvalue weighted by molar-refractivity contribution is 6.32. The number of carboxylic acids is 1. The van der Waals surface area contributed by atoms with Crippen molar-refractivity contribution in [2.24, 2.45) is 0 Å². The van der Waals surface area contributed by atoms with Crippen LogP contribution in [0, 0.1) is 5.82 Å². The Morgan fingerprint density at radius 3 is 2.69 bits per heavy atom. The van der Waals surface area contributed by atoms with Crippen LogP contribution in [0.15, 0.2) is 12.1 Å². The minimum Gasteiger partial charge on any atom is -0.494 e. The summed E-state index contributed by atoms with van der Waals surface area (Å²) in [6, 6.07) is 2.08. The Balaban J connectivity index is 3.38. The number of rotatable bonds is 2. The van der Waals surface area contributed by atoms with Gasteiger partial charge >= 0.3 is 5.97 Å². The zero-order valence-corrected chi connectivity index (χ0v) is 7.43. The Morgan fingerprint density at radius 1 is 1.62 bits per heavy atom. The van der Waals surface area contributed by atoms with Gasteiger partial charge in [0.2, 0.25) is 0 Å². The summed E-state index contributed by atoms with van der Waals surface area (Å²) in [5.41, 5.74) is -0.158. The van der Waals surface area contributed by atoms with Crippen LogP contribution >= 0.6 is 11.6 Å². The second-order valence-corrected chi connectivity index (χ2v) is 2.63. The maximum atomic E-state index is 12.8. The topological polar surface area (TPSA) is 46.5 Å². The van der Waals surface area contributed by atoms with Gasteiger partial charge in [-0.05, 0) is 12.1 Å². The molecular formula is C8H6ClFO3. The van der Waals surface area contributed by atoms with Gasteiger partial charge in [0.15, 0.2) is 5.75 Å². The van der Waals surface area contributed by atoms with Crippen LogP contribution < -0.4 is 4.74 Å². The van der Waals surface area contributed by atoms with Crippen molar-refractivity contribution in [2.75, 3.05) is 7.11 Å². The Labute approximate surface area is 78.7 Å². The summed E-state index contributed by atoms with van der Waals surface area (Å²) in [4.78, 5) is 10.6. The normalized spacial score (nSPS) is 9.77. The summed E-state index contributed by atoms with van der Waals surface area (Å²) in [5.74, 6) is -2.07. The van der Waals surface area contributed by atoms with Gasteiger partial charge < -0.3 is 9.84 Å². The quantitative estimate of drug-likeness (QED) is 0.803. The highest BCUT2D eigenvalue weighted by Crippen LogP contribution is 2.30. The maximum Gasteiger partial charge on any atom is 0.339 e. The molecule has 1 aromatic rings. The minimum absolute atomic E-state index is 0.158. The number of benzene rings is 1. The lowest BCUT2D eigenvalue weighted by molar-refractivity contribution is 0.0693. The Bertz CT molecular complexity index is 351. The Morgan fingerprint density at radius 2 is 2.23 bits per heavy atom. The molecule has 13 heavy (non-hydrogen) atoms. The minimum atomic E-state index is -1.21. The molecule has 0 amide bonds. The number of aromatic carboxylic acids is 1. The smallest absolute Gasteiger partial charge is 0.339 e. The van der Waals surface area contributed by atoms with E-state index < -0.39 is 11.8 Å². The fraction of sp³-hybridized carbons (Fsp3) is 0.125. The predicted molar refractivity (Wildman–Crippen MR) is 44.9 cm³/mol. The van der Waals surface area contributed by atoms with Gasteiger partial charge in [0.1, 0.15) is 16.4 Å². The SMILES string of the molecule is COc1c(C(=O)O)ccc(F)c1Cl. The largest absolute Gasteiger partial charge is 0.494 e. The van der Waals surface area contributed by atoms with Crippen LogP contribution in [0.25, 0.3) is 0 Å². The summed E-state index contributed by atoms with van der Waals surface area (Å²) in [5, 5.41) is 8.33. The number of halogens is 2. The molecular weight excluding hydrogens is 199 g/mol. The summed E-state index contributed by atoms with van der Waals surface area (Å²) in [7, 11) is 1.23. The molecule has 0 spiro atoms. The molecule has 0 aliphatic carbocycles. The first kappa shape index (κ1) is 9.80. The van der Waals surface area contributed by atoms with E-state index in [0.29, 0.717) is 0 Å². The summed E-state index contributed by atoms with van der Waals surface area (Å²) in [6.07, 6.45) is 0. The van der Waals surface area contributed by atoms with Crippen molar-refractivity contribution >= 4 is 17.6 Å². The van der Waals surface area contributed by atoms with E-state index in [4.69, 9.17) is 16.7 Å². The number of hydrogen-bond donors (Lipinski definition) is 1. The molecule has 0 heterocycles. The van der Waals surface area contributed by atoms with Gasteiger partial charge in [-0.15, -0.1) is 0 Å². The highest BCUT2D eigenvalue weighted by Gasteiger charge is 2.16. The molecule has 0 aliphatic heterocycles. The molecule has 0 aliphatic rings. The molecule has 3 nitrogen and oxygen atoms in total. The van der Waals surface area contributed by atoms with Crippen molar-refractivity contribution in [1.29, 1.82) is 0 Å². The highest BCUT2D eigenvalue weighted by atomic mass is 35.5. The monoisotopic (exact) mass is 204 g/mol. The van der Waals surface area contributed by atoms with Gasteiger partial charge in [0, 0.05) is 0 Å². The van der Waals surface area contributed by atoms with Gasteiger partial charge in [0.05, 0.1) is 7.11 Å². The van der Waals surface area contributed by atoms with E-state index in [-0.39, 0.29) is 16.3 Å². The van der Waals surface area contributed by atoms with Crippen LogP contribution in [0.3, 0.4) is 0 Å². The summed E-state index contributed by atoms with van der Waals surface area (Å²) >= 11 is 5.48. The molecule has 0 bridgehead atoms. The number of methoxy groups -OCH3 is 1. The van der Waals surface area contributed by atoms with Crippen molar-refractivity contribution in [3.05, 3.63) is 28.5 Å². The molecule has 0 aromatic heterocycles. The fourth-order valence-electron chi connectivity index (χ4n) is 0.900. The van der Waals surface area contributed by atoms with Gasteiger partial charge in [-0.25, -0.2) is 9.18 Å². The molecule has 0 saturated heterocycles. The van der Waals surface area contributed by atoms with Crippen LogP contribution in [0.5, 0.6) is 5.75 Å². The molecule has 0 unspecified atom stereocenters. The van der Waals surface area contributed by atoms with Gasteiger partial charge in [-0.3, -0.25) is 0 Å². The van der Waals surface area contributed by atoms with E-state index in [1.165, 1.54) is 7.11 Å². The average molecular weight is 205 g/mol. The summed E-state index contributed by atoms with van der Waals surface area (Å²) in [6.45, 7) is 0. The number of hydrogen-bond acceptors (Lipinski definition) is 2. The molecule has 0 atom stereocenters. The van der Waals surface area contributed by atoms with Crippen LogP contribution in [-0.2, 0) is 0 Å². The van der Waals surface area contributed by atoms with E-state index >= 15 is 0 Å². The molecule has 0 saturated carbocycles. The van der Waals surface area contributed by atoms with E-state index in [9.17, 15) is 9.18 Å². The standard InChI is InChI=1S/C8H6ClFO3/c1-13-7-4(8(11)12)2-3-5(10)6(7)9/h2-3H,1H3,(H,11,12). The first-order valence-corrected chi connectivity index (χ1v) is 3.71. The van der Waals surface area contributed by atoms with E-state index in [1.807, 2.05) is 0 Å². The van der Waals surface area contributed by atoms with Crippen LogP contribution in [0.2, 0.25) is 5.02 Å². The Hall–Kier alpha value is -1.29. The lowest BCUT2D eigenvalue weighted by Gasteiger charge is -2.06. The van der Waals surface area contributed by atoms with Gasteiger partial charge in [-0.2, -0.15) is 0 Å².